The van der Waals surface area contributed by atoms with Gasteiger partial charge in [-0.3, -0.25) is 8.98 Å². The summed E-state index contributed by atoms with van der Waals surface area (Å²) < 4.78 is 37.9. The summed E-state index contributed by atoms with van der Waals surface area (Å²) in [6.07, 6.45) is 1.04. The van der Waals surface area contributed by atoms with Gasteiger partial charge < -0.3 is 9.47 Å². The Hall–Kier alpha value is -0.660. The van der Waals surface area contributed by atoms with Gasteiger partial charge in [0.15, 0.2) is 0 Å². The average molecular weight is 294 g/mol. The van der Waals surface area contributed by atoms with Gasteiger partial charge in [-0.1, -0.05) is 0 Å². The molecule has 0 aromatic rings. The molecule has 0 radical (unpaired) electrons. The van der Waals surface area contributed by atoms with Gasteiger partial charge in [0.05, 0.1) is 25.4 Å². The molecule has 112 valence electrons. The van der Waals surface area contributed by atoms with Crippen molar-refractivity contribution in [1.29, 1.82) is 0 Å². The third kappa shape index (κ3) is 6.89. The molecule has 0 spiro atoms. The van der Waals surface area contributed by atoms with Crippen molar-refractivity contribution in [2.45, 2.75) is 45.3 Å². The van der Waals surface area contributed by atoms with Crippen LogP contribution in [0, 0.1) is 5.92 Å². The van der Waals surface area contributed by atoms with Crippen molar-refractivity contribution in [3.8, 4) is 0 Å². The Morgan fingerprint density at radius 2 is 2.00 bits per heavy atom. The molecule has 6 nitrogen and oxygen atoms in total. The minimum Gasteiger partial charge on any atom is -0.460 e. The SMILES string of the molecule is CC(C)(C)OC(=O)C[C@H]1COCC[C@@H]1OS(C)(=O)=O. The van der Waals surface area contributed by atoms with E-state index in [1.165, 1.54) is 0 Å². The van der Waals surface area contributed by atoms with Crippen molar-refractivity contribution in [3.05, 3.63) is 0 Å². The molecule has 0 saturated carbocycles. The normalized spacial score (nSPS) is 25.1. The van der Waals surface area contributed by atoms with Gasteiger partial charge in [0.25, 0.3) is 10.1 Å². The van der Waals surface area contributed by atoms with Gasteiger partial charge in [0.2, 0.25) is 0 Å². The van der Waals surface area contributed by atoms with Gasteiger partial charge in [0.1, 0.15) is 5.60 Å². The highest BCUT2D eigenvalue weighted by atomic mass is 32.2. The molecule has 1 heterocycles. The maximum atomic E-state index is 11.8. The first kappa shape index (κ1) is 16.4. The first-order valence-electron chi connectivity index (χ1n) is 6.25. The summed E-state index contributed by atoms with van der Waals surface area (Å²) >= 11 is 0. The van der Waals surface area contributed by atoms with E-state index in [-0.39, 0.29) is 18.3 Å². The molecule has 1 rings (SSSR count). The topological polar surface area (TPSA) is 78.9 Å². The number of hydrogen-bond donors (Lipinski definition) is 0. The molecule has 0 bridgehead atoms. The Morgan fingerprint density at radius 1 is 1.37 bits per heavy atom. The quantitative estimate of drug-likeness (QED) is 0.570. The number of carbonyl (C=O) groups is 1. The zero-order valence-corrected chi connectivity index (χ0v) is 12.7. The summed E-state index contributed by atoms with van der Waals surface area (Å²) in [5.41, 5.74) is -0.556. The molecule has 7 heteroatoms. The third-order valence-corrected chi connectivity index (χ3v) is 3.15. The van der Waals surface area contributed by atoms with E-state index in [0.29, 0.717) is 19.6 Å². The van der Waals surface area contributed by atoms with E-state index in [9.17, 15) is 13.2 Å². The zero-order chi connectivity index (χ0) is 14.7. The van der Waals surface area contributed by atoms with E-state index in [0.717, 1.165) is 6.26 Å². The largest absolute Gasteiger partial charge is 0.460 e. The monoisotopic (exact) mass is 294 g/mol. The number of carbonyl (C=O) groups excluding carboxylic acids is 1. The number of rotatable bonds is 4. The van der Waals surface area contributed by atoms with Gasteiger partial charge in [-0.15, -0.1) is 0 Å². The number of esters is 1. The van der Waals surface area contributed by atoms with Crippen LogP contribution >= 0.6 is 0 Å². The lowest BCUT2D eigenvalue weighted by atomic mass is 9.95. The molecule has 0 aromatic heterocycles. The van der Waals surface area contributed by atoms with Gasteiger partial charge in [0, 0.05) is 12.5 Å². The second-order valence-electron chi connectivity index (χ2n) is 5.75. The van der Waals surface area contributed by atoms with Crippen LogP contribution in [-0.2, 0) is 28.6 Å². The molecule has 2 atom stereocenters. The van der Waals surface area contributed by atoms with Crippen molar-refractivity contribution < 1.29 is 26.9 Å². The second kappa shape index (κ2) is 6.19. The zero-order valence-electron chi connectivity index (χ0n) is 11.8. The highest BCUT2D eigenvalue weighted by Crippen LogP contribution is 2.24. The first-order valence-corrected chi connectivity index (χ1v) is 8.06. The van der Waals surface area contributed by atoms with E-state index >= 15 is 0 Å². The summed E-state index contributed by atoms with van der Waals surface area (Å²) in [7, 11) is -3.54. The van der Waals surface area contributed by atoms with E-state index in [1.807, 2.05) is 0 Å². The molecular weight excluding hydrogens is 272 g/mol. The standard InChI is InChI=1S/C12H22O6S/c1-12(2,3)17-11(13)7-9-8-16-6-5-10(9)18-19(4,14)15/h9-10H,5-8H2,1-4H3/t9-,10-/m0/s1. The molecule has 0 amide bonds. The van der Waals surface area contributed by atoms with Gasteiger partial charge in [-0.25, -0.2) is 0 Å². The van der Waals surface area contributed by atoms with E-state index in [1.54, 1.807) is 20.8 Å². The van der Waals surface area contributed by atoms with Crippen LogP contribution in [0.15, 0.2) is 0 Å². The molecule has 0 aromatic carbocycles. The molecule has 1 aliphatic rings. The van der Waals surface area contributed by atoms with Crippen LogP contribution in [0.1, 0.15) is 33.6 Å². The van der Waals surface area contributed by atoms with Gasteiger partial charge in [-0.2, -0.15) is 8.42 Å². The fourth-order valence-corrected chi connectivity index (χ4v) is 2.62. The summed E-state index contributed by atoms with van der Waals surface area (Å²) in [4.78, 5) is 11.8. The minimum absolute atomic E-state index is 0.0947. The molecule has 1 aliphatic heterocycles. The van der Waals surface area contributed by atoms with E-state index < -0.39 is 21.8 Å². The number of ether oxygens (including phenoxy) is 2. The summed E-state index contributed by atoms with van der Waals surface area (Å²) in [5, 5.41) is 0. The Balaban J connectivity index is 2.60. The van der Waals surface area contributed by atoms with Crippen molar-refractivity contribution in [1.82, 2.24) is 0 Å². The fraction of sp³-hybridized carbons (Fsp3) is 0.917. The van der Waals surface area contributed by atoms with Crippen LogP contribution in [0.25, 0.3) is 0 Å². The predicted molar refractivity (Wildman–Crippen MR) is 69.1 cm³/mol. The van der Waals surface area contributed by atoms with E-state index in [4.69, 9.17) is 13.7 Å². The lowest BCUT2D eigenvalue weighted by Gasteiger charge is -2.30. The average Bonchev–Trinajstić information content (AvgIpc) is 2.15. The van der Waals surface area contributed by atoms with Crippen molar-refractivity contribution in [2.75, 3.05) is 19.5 Å². The van der Waals surface area contributed by atoms with Crippen LogP contribution in [0.3, 0.4) is 0 Å². The van der Waals surface area contributed by atoms with Crippen LogP contribution in [0.5, 0.6) is 0 Å². The summed E-state index contributed by atoms with van der Waals surface area (Å²) in [6.45, 7) is 6.09. The second-order valence-corrected chi connectivity index (χ2v) is 7.35. The minimum atomic E-state index is -3.54. The van der Waals surface area contributed by atoms with Gasteiger partial charge >= 0.3 is 5.97 Å². The van der Waals surface area contributed by atoms with Crippen molar-refractivity contribution in [2.24, 2.45) is 5.92 Å². The van der Waals surface area contributed by atoms with Crippen molar-refractivity contribution >= 4 is 16.1 Å². The van der Waals surface area contributed by atoms with Crippen LogP contribution in [0.4, 0.5) is 0 Å². The maximum absolute atomic E-state index is 11.8. The Labute approximate surface area is 114 Å². The van der Waals surface area contributed by atoms with Gasteiger partial charge in [-0.05, 0) is 27.2 Å². The molecule has 0 unspecified atom stereocenters. The molecular formula is C12H22O6S. The molecule has 0 N–H and O–H groups in total. The lowest BCUT2D eigenvalue weighted by Crippen LogP contribution is -2.38. The van der Waals surface area contributed by atoms with Crippen molar-refractivity contribution in [3.63, 3.8) is 0 Å². The predicted octanol–water partition coefficient (Wildman–Crippen LogP) is 1.10. The fourth-order valence-electron chi connectivity index (χ4n) is 1.92. The molecule has 1 saturated heterocycles. The molecule has 1 fully saturated rings. The van der Waals surface area contributed by atoms with Crippen LogP contribution < -0.4 is 0 Å². The highest BCUT2D eigenvalue weighted by Gasteiger charge is 2.32. The smallest absolute Gasteiger partial charge is 0.306 e. The maximum Gasteiger partial charge on any atom is 0.306 e. The van der Waals surface area contributed by atoms with E-state index in [2.05, 4.69) is 0 Å². The third-order valence-electron chi connectivity index (χ3n) is 2.55. The summed E-state index contributed by atoms with van der Waals surface area (Å²) in [5.74, 6) is -0.663. The first-order chi connectivity index (χ1) is 8.57. The van der Waals surface area contributed by atoms with Crippen LogP contribution in [0.2, 0.25) is 0 Å². The number of hydrogen-bond acceptors (Lipinski definition) is 6. The molecule has 19 heavy (non-hydrogen) atoms. The summed E-state index contributed by atoms with van der Waals surface area (Å²) in [6, 6.07) is 0. The Kier molecular flexibility index (Phi) is 5.34. The lowest BCUT2D eigenvalue weighted by molar-refractivity contribution is -0.158. The Morgan fingerprint density at radius 3 is 2.53 bits per heavy atom. The Bertz CT molecular complexity index is 408. The highest BCUT2D eigenvalue weighted by molar-refractivity contribution is 7.86. The molecule has 0 aliphatic carbocycles. The van der Waals surface area contributed by atoms with Crippen LogP contribution in [-0.4, -0.2) is 45.6 Å².